The lowest BCUT2D eigenvalue weighted by atomic mass is 10.2. The predicted octanol–water partition coefficient (Wildman–Crippen LogP) is 2.72. The second-order valence-corrected chi connectivity index (χ2v) is 4.38. The molecule has 0 saturated heterocycles. The standard InChI is InChI=1S/C17H16N2O3/c1-2-11-22-16-6-4-3-5-14(16)12-18-19-17(21)13-7-9-15(20)10-8-13/h2-10,12,20H,1,11H2,(H,19,21). The summed E-state index contributed by atoms with van der Waals surface area (Å²) >= 11 is 0. The monoisotopic (exact) mass is 296 g/mol. The van der Waals surface area contributed by atoms with E-state index in [1.54, 1.807) is 6.08 Å². The van der Waals surface area contributed by atoms with Crippen molar-refractivity contribution in [3.05, 3.63) is 72.3 Å². The Balaban J connectivity index is 2.01. The molecule has 0 aliphatic carbocycles. The topological polar surface area (TPSA) is 70.9 Å². The molecule has 0 spiro atoms. The number of nitrogens with zero attached hydrogens (tertiary/aromatic N) is 1. The summed E-state index contributed by atoms with van der Waals surface area (Å²) in [6, 6.07) is 13.3. The van der Waals surface area contributed by atoms with Gasteiger partial charge in [-0.25, -0.2) is 5.43 Å². The molecule has 0 aliphatic heterocycles. The van der Waals surface area contributed by atoms with Gasteiger partial charge in [0, 0.05) is 11.1 Å². The third-order valence-corrected chi connectivity index (χ3v) is 2.77. The molecule has 2 aromatic carbocycles. The van der Waals surface area contributed by atoms with Gasteiger partial charge in [0.05, 0.1) is 6.21 Å². The Morgan fingerprint density at radius 3 is 2.68 bits per heavy atom. The molecule has 0 heterocycles. The fourth-order valence-corrected chi connectivity index (χ4v) is 1.71. The molecule has 0 bridgehead atoms. The molecule has 22 heavy (non-hydrogen) atoms. The summed E-state index contributed by atoms with van der Waals surface area (Å²) in [5, 5.41) is 13.1. The van der Waals surface area contributed by atoms with Crippen LogP contribution in [0.1, 0.15) is 15.9 Å². The second kappa shape index (κ2) is 7.64. The summed E-state index contributed by atoms with van der Waals surface area (Å²) in [7, 11) is 0. The van der Waals surface area contributed by atoms with E-state index in [4.69, 9.17) is 4.74 Å². The van der Waals surface area contributed by atoms with Crippen molar-refractivity contribution in [3.63, 3.8) is 0 Å². The largest absolute Gasteiger partial charge is 0.508 e. The lowest BCUT2D eigenvalue weighted by molar-refractivity contribution is 0.0955. The number of ether oxygens (including phenoxy) is 1. The molecular formula is C17H16N2O3. The van der Waals surface area contributed by atoms with E-state index in [0.717, 1.165) is 5.56 Å². The van der Waals surface area contributed by atoms with Crippen molar-refractivity contribution in [2.24, 2.45) is 5.10 Å². The van der Waals surface area contributed by atoms with Gasteiger partial charge in [-0.2, -0.15) is 5.10 Å². The van der Waals surface area contributed by atoms with Crippen LogP contribution < -0.4 is 10.2 Å². The molecule has 2 rings (SSSR count). The van der Waals surface area contributed by atoms with Crippen LogP contribution in [-0.4, -0.2) is 23.8 Å². The van der Waals surface area contributed by atoms with Crippen LogP contribution in [0.25, 0.3) is 0 Å². The van der Waals surface area contributed by atoms with Crippen LogP contribution >= 0.6 is 0 Å². The smallest absolute Gasteiger partial charge is 0.271 e. The van der Waals surface area contributed by atoms with E-state index in [1.807, 2.05) is 24.3 Å². The van der Waals surface area contributed by atoms with E-state index in [2.05, 4.69) is 17.1 Å². The molecule has 0 aromatic heterocycles. The number of phenolic OH excluding ortho intramolecular Hbond substituents is 1. The second-order valence-electron chi connectivity index (χ2n) is 4.38. The molecule has 2 N–H and O–H groups in total. The van der Waals surface area contributed by atoms with E-state index in [9.17, 15) is 9.90 Å². The van der Waals surface area contributed by atoms with Gasteiger partial charge in [0.2, 0.25) is 0 Å². The van der Waals surface area contributed by atoms with Crippen LogP contribution in [0, 0.1) is 0 Å². The molecule has 0 radical (unpaired) electrons. The molecule has 5 heteroatoms. The SMILES string of the molecule is C=CCOc1ccccc1C=NNC(=O)c1ccc(O)cc1. The Bertz CT molecular complexity index is 679. The summed E-state index contributed by atoms with van der Waals surface area (Å²) in [5.41, 5.74) is 3.58. The number of nitrogens with one attached hydrogen (secondary N) is 1. The van der Waals surface area contributed by atoms with Gasteiger partial charge in [-0.1, -0.05) is 24.8 Å². The molecule has 5 nitrogen and oxygen atoms in total. The average Bonchev–Trinajstić information content (AvgIpc) is 2.54. The van der Waals surface area contributed by atoms with Crippen LogP contribution in [0.15, 0.2) is 66.3 Å². The van der Waals surface area contributed by atoms with Gasteiger partial charge in [-0.3, -0.25) is 4.79 Å². The molecular weight excluding hydrogens is 280 g/mol. The van der Waals surface area contributed by atoms with Crippen molar-refractivity contribution >= 4 is 12.1 Å². The third kappa shape index (κ3) is 4.21. The minimum absolute atomic E-state index is 0.105. The Hall–Kier alpha value is -3.08. The van der Waals surface area contributed by atoms with Gasteiger partial charge in [0.15, 0.2) is 0 Å². The Morgan fingerprint density at radius 1 is 1.23 bits per heavy atom. The highest BCUT2D eigenvalue weighted by Crippen LogP contribution is 2.15. The maximum atomic E-state index is 11.9. The predicted molar refractivity (Wildman–Crippen MR) is 85.3 cm³/mol. The lowest BCUT2D eigenvalue weighted by Gasteiger charge is -2.06. The number of hydrogen-bond acceptors (Lipinski definition) is 4. The lowest BCUT2D eigenvalue weighted by Crippen LogP contribution is -2.17. The number of hydrogen-bond donors (Lipinski definition) is 2. The third-order valence-electron chi connectivity index (χ3n) is 2.77. The van der Waals surface area contributed by atoms with Crippen LogP contribution in [-0.2, 0) is 0 Å². The molecule has 0 unspecified atom stereocenters. The quantitative estimate of drug-likeness (QED) is 0.489. The minimum Gasteiger partial charge on any atom is -0.508 e. The average molecular weight is 296 g/mol. The van der Waals surface area contributed by atoms with E-state index in [0.29, 0.717) is 17.9 Å². The number of para-hydroxylation sites is 1. The molecule has 0 atom stereocenters. The number of rotatable bonds is 6. The van der Waals surface area contributed by atoms with Crippen LogP contribution in [0.3, 0.4) is 0 Å². The van der Waals surface area contributed by atoms with Crippen molar-refractivity contribution in [2.45, 2.75) is 0 Å². The highest BCUT2D eigenvalue weighted by molar-refractivity contribution is 5.95. The fraction of sp³-hybridized carbons (Fsp3) is 0.0588. The van der Waals surface area contributed by atoms with Crippen molar-refractivity contribution in [1.29, 1.82) is 0 Å². The number of amides is 1. The summed E-state index contributed by atoms with van der Waals surface area (Å²) in [6.07, 6.45) is 3.16. The first kappa shape index (κ1) is 15.3. The number of carbonyl (C=O) groups excluding carboxylic acids is 1. The van der Waals surface area contributed by atoms with E-state index < -0.39 is 0 Å². The zero-order valence-electron chi connectivity index (χ0n) is 11.9. The minimum atomic E-state index is -0.360. The number of hydrazone groups is 1. The summed E-state index contributed by atoms with van der Waals surface area (Å²) in [6.45, 7) is 3.99. The summed E-state index contributed by atoms with van der Waals surface area (Å²) in [5.74, 6) is 0.402. The van der Waals surface area contributed by atoms with E-state index >= 15 is 0 Å². The van der Waals surface area contributed by atoms with Crippen LogP contribution in [0.4, 0.5) is 0 Å². The van der Waals surface area contributed by atoms with Gasteiger partial charge in [0.1, 0.15) is 18.1 Å². The van der Waals surface area contributed by atoms with Gasteiger partial charge >= 0.3 is 0 Å². The molecule has 0 aliphatic rings. The number of carbonyl (C=O) groups is 1. The molecule has 112 valence electrons. The van der Waals surface area contributed by atoms with Crippen molar-refractivity contribution < 1.29 is 14.6 Å². The van der Waals surface area contributed by atoms with E-state index in [-0.39, 0.29) is 11.7 Å². The number of benzene rings is 2. The summed E-state index contributed by atoms with van der Waals surface area (Å²) in [4.78, 5) is 11.9. The Kier molecular flexibility index (Phi) is 5.31. The van der Waals surface area contributed by atoms with Crippen molar-refractivity contribution in [3.8, 4) is 11.5 Å². The van der Waals surface area contributed by atoms with Crippen molar-refractivity contribution in [1.82, 2.24) is 5.43 Å². The zero-order chi connectivity index (χ0) is 15.8. The first-order chi connectivity index (χ1) is 10.7. The zero-order valence-corrected chi connectivity index (χ0v) is 11.9. The van der Waals surface area contributed by atoms with Crippen molar-refractivity contribution in [2.75, 3.05) is 6.61 Å². The normalized spacial score (nSPS) is 10.4. The molecule has 0 saturated carbocycles. The first-order valence-corrected chi connectivity index (χ1v) is 6.66. The molecule has 2 aromatic rings. The maximum absolute atomic E-state index is 11.9. The molecule has 0 fully saturated rings. The fourth-order valence-electron chi connectivity index (χ4n) is 1.71. The number of aromatic hydroxyl groups is 1. The van der Waals surface area contributed by atoms with E-state index in [1.165, 1.54) is 30.5 Å². The van der Waals surface area contributed by atoms with Gasteiger partial charge < -0.3 is 9.84 Å². The Labute approximate surface area is 128 Å². The maximum Gasteiger partial charge on any atom is 0.271 e. The van der Waals surface area contributed by atoms with Gasteiger partial charge in [0.25, 0.3) is 5.91 Å². The summed E-state index contributed by atoms with van der Waals surface area (Å²) < 4.78 is 5.49. The Morgan fingerprint density at radius 2 is 1.95 bits per heavy atom. The van der Waals surface area contributed by atoms with Crippen LogP contribution in [0.2, 0.25) is 0 Å². The first-order valence-electron chi connectivity index (χ1n) is 6.66. The molecule has 1 amide bonds. The highest BCUT2D eigenvalue weighted by Gasteiger charge is 2.04. The van der Waals surface area contributed by atoms with Gasteiger partial charge in [-0.05, 0) is 36.4 Å². The highest BCUT2D eigenvalue weighted by atomic mass is 16.5. The van der Waals surface area contributed by atoms with Gasteiger partial charge in [-0.15, -0.1) is 0 Å². The van der Waals surface area contributed by atoms with Crippen LogP contribution in [0.5, 0.6) is 11.5 Å². The number of phenols is 1.